The van der Waals surface area contributed by atoms with Crippen LogP contribution in [0.25, 0.3) is 6.08 Å². The van der Waals surface area contributed by atoms with E-state index in [4.69, 9.17) is 9.47 Å². The van der Waals surface area contributed by atoms with Gasteiger partial charge in [-0.15, -0.1) is 0 Å². The zero-order chi connectivity index (χ0) is 25.8. The maximum absolute atomic E-state index is 13.2. The van der Waals surface area contributed by atoms with Crippen LogP contribution in [-0.4, -0.2) is 25.0 Å². The van der Waals surface area contributed by atoms with Crippen LogP contribution in [-0.2, 0) is 22.6 Å². The second-order valence-electron chi connectivity index (χ2n) is 7.93. The number of amides is 4. The third-order valence-corrected chi connectivity index (χ3v) is 6.87. The lowest BCUT2D eigenvalue weighted by atomic mass is 10.1. The Kier molecular flexibility index (Phi) is 8.10. The molecular weight excluding hydrogens is 639 g/mol. The Labute approximate surface area is 230 Å². The van der Waals surface area contributed by atoms with E-state index in [1.165, 1.54) is 13.2 Å². The van der Waals surface area contributed by atoms with Gasteiger partial charge in [0.2, 0.25) is 0 Å². The molecule has 9 heteroatoms. The molecule has 1 saturated heterocycles. The Hall–Kier alpha value is -3.18. The number of ether oxygens (including phenoxy) is 2. The second-order valence-corrected chi connectivity index (χ2v) is 10.0. The zero-order valence-electron chi connectivity index (χ0n) is 19.5. The number of anilines is 1. The fraction of sp³-hybridized carbons (Fsp3) is 0.148. The van der Waals surface area contributed by atoms with Crippen LogP contribution >= 0.6 is 38.5 Å². The first-order valence-corrected chi connectivity index (χ1v) is 12.9. The van der Waals surface area contributed by atoms with Gasteiger partial charge in [-0.1, -0.05) is 31.2 Å². The molecule has 7 nitrogen and oxygen atoms in total. The van der Waals surface area contributed by atoms with Crippen molar-refractivity contribution in [2.45, 2.75) is 20.0 Å². The first-order valence-electron chi connectivity index (χ1n) is 11.1. The number of imide groups is 2. The van der Waals surface area contributed by atoms with Crippen molar-refractivity contribution >= 4 is 68.1 Å². The van der Waals surface area contributed by atoms with E-state index >= 15 is 0 Å². The Morgan fingerprint density at radius 3 is 2.31 bits per heavy atom. The van der Waals surface area contributed by atoms with Crippen LogP contribution in [0.3, 0.4) is 0 Å². The summed E-state index contributed by atoms with van der Waals surface area (Å²) in [5.41, 5.74) is 2.80. The minimum atomic E-state index is -0.787. The summed E-state index contributed by atoms with van der Waals surface area (Å²) in [4.78, 5) is 39.2. The number of aryl methyl sites for hydroxylation is 1. The van der Waals surface area contributed by atoms with Crippen molar-refractivity contribution in [1.29, 1.82) is 0 Å². The molecule has 0 aromatic heterocycles. The molecule has 1 heterocycles. The first-order chi connectivity index (χ1) is 17.3. The van der Waals surface area contributed by atoms with Gasteiger partial charge in [0, 0.05) is 3.57 Å². The maximum atomic E-state index is 13.2. The number of methoxy groups -OCH3 is 1. The maximum Gasteiger partial charge on any atom is 0.335 e. The van der Waals surface area contributed by atoms with Gasteiger partial charge in [0.1, 0.15) is 12.2 Å². The van der Waals surface area contributed by atoms with Crippen molar-refractivity contribution in [3.05, 3.63) is 91.0 Å². The molecule has 4 rings (SSSR count). The molecule has 0 spiro atoms. The molecule has 0 bridgehead atoms. The van der Waals surface area contributed by atoms with Crippen molar-refractivity contribution in [1.82, 2.24) is 5.32 Å². The Balaban J connectivity index is 1.62. The summed E-state index contributed by atoms with van der Waals surface area (Å²) >= 11 is 5.75. The number of hydrogen-bond donors (Lipinski definition) is 1. The van der Waals surface area contributed by atoms with E-state index in [-0.39, 0.29) is 5.57 Å². The lowest BCUT2D eigenvalue weighted by molar-refractivity contribution is -0.122. The van der Waals surface area contributed by atoms with Gasteiger partial charge in [-0.25, -0.2) is 9.69 Å². The van der Waals surface area contributed by atoms with E-state index in [9.17, 15) is 14.4 Å². The number of benzene rings is 3. The number of hydrogen-bond acceptors (Lipinski definition) is 5. The highest BCUT2D eigenvalue weighted by atomic mass is 127. The number of nitrogens with one attached hydrogen (secondary N) is 1. The summed E-state index contributed by atoms with van der Waals surface area (Å²) in [7, 11) is 1.51. The molecule has 184 valence electrons. The molecule has 0 saturated carbocycles. The van der Waals surface area contributed by atoms with E-state index < -0.39 is 17.8 Å². The van der Waals surface area contributed by atoms with Crippen LogP contribution in [0, 0.1) is 3.57 Å². The number of carbonyl (C=O) groups is 3. The number of barbiturate groups is 1. The monoisotopic (exact) mass is 660 g/mol. The van der Waals surface area contributed by atoms with Gasteiger partial charge in [-0.2, -0.15) is 0 Å². The van der Waals surface area contributed by atoms with Gasteiger partial charge >= 0.3 is 6.03 Å². The predicted molar refractivity (Wildman–Crippen MR) is 149 cm³/mol. The second kappa shape index (κ2) is 11.3. The van der Waals surface area contributed by atoms with Crippen LogP contribution in [0.15, 0.2) is 70.7 Å². The van der Waals surface area contributed by atoms with Crippen LogP contribution in [0.5, 0.6) is 11.5 Å². The number of carbonyl (C=O) groups excluding carboxylic acids is 3. The van der Waals surface area contributed by atoms with Crippen molar-refractivity contribution in [3.8, 4) is 11.5 Å². The van der Waals surface area contributed by atoms with Crippen LogP contribution < -0.4 is 19.7 Å². The molecule has 0 radical (unpaired) electrons. The van der Waals surface area contributed by atoms with Gasteiger partial charge in [0.25, 0.3) is 11.8 Å². The fourth-order valence-electron chi connectivity index (χ4n) is 3.64. The summed E-state index contributed by atoms with van der Waals surface area (Å²) in [5, 5.41) is 2.24. The largest absolute Gasteiger partial charge is 0.493 e. The SMILES string of the molecule is CCc1ccc(N2C(=O)NC(=O)/C(=C/c3cc(Br)c(OCc4ccc(I)cc4)c(OC)c3)C2=O)cc1. The average molecular weight is 661 g/mol. The van der Waals surface area contributed by atoms with E-state index in [2.05, 4.69) is 43.8 Å². The molecule has 1 aliphatic heterocycles. The third-order valence-electron chi connectivity index (χ3n) is 5.56. The third kappa shape index (κ3) is 5.62. The number of nitrogens with zero attached hydrogens (tertiary/aromatic N) is 1. The summed E-state index contributed by atoms with van der Waals surface area (Å²) in [6, 6.07) is 17.6. The molecule has 0 atom stereocenters. The Bertz CT molecular complexity index is 1350. The van der Waals surface area contributed by atoms with Crippen LogP contribution in [0.4, 0.5) is 10.5 Å². The fourth-order valence-corrected chi connectivity index (χ4v) is 4.57. The van der Waals surface area contributed by atoms with Gasteiger partial charge < -0.3 is 9.47 Å². The Morgan fingerprint density at radius 1 is 1.00 bits per heavy atom. The topological polar surface area (TPSA) is 84.9 Å². The van der Waals surface area contributed by atoms with E-state index in [1.807, 2.05) is 43.3 Å². The smallest absolute Gasteiger partial charge is 0.335 e. The first kappa shape index (κ1) is 25.9. The highest BCUT2D eigenvalue weighted by Crippen LogP contribution is 2.38. The van der Waals surface area contributed by atoms with E-state index in [1.54, 1.807) is 24.3 Å². The predicted octanol–water partition coefficient (Wildman–Crippen LogP) is 5.87. The lowest BCUT2D eigenvalue weighted by Crippen LogP contribution is -2.54. The van der Waals surface area contributed by atoms with Crippen LogP contribution in [0.1, 0.15) is 23.6 Å². The molecule has 4 amide bonds. The summed E-state index contributed by atoms with van der Waals surface area (Å²) in [6.45, 7) is 2.35. The van der Waals surface area contributed by atoms with Gasteiger partial charge in [-0.05, 0) is 104 Å². The molecule has 1 fully saturated rings. The number of urea groups is 1. The molecule has 3 aromatic carbocycles. The zero-order valence-corrected chi connectivity index (χ0v) is 23.3. The van der Waals surface area contributed by atoms with Gasteiger partial charge in [0.05, 0.1) is 17.3 Å². The van der Waals surface area contributed by atoms with E-state index in [0.29, 0.717) is 33.8 Å². The van der Waals surface area contributed by atoms with Gasteiger partial charge in [0.15, 0.2) is 11.5 Å². The summed E-state index contributed by atoms with van der Waals surface area (Å²) in [6.07, 6.45) is 2.25. The summed E-state index contributed by atoms with van der Waals surface area (Å²) in [5.74, 6) is -0.554. The van der Waals surface area contributed by atoms with Crippen molar-refractivity contribution in [3.63, 3.8) is 0 Å². The average Bonchev–Trinajstić information content (AvgIpc) is 2.87. The molecule has 3 aromatic rings. The summed E-state index contributed by atoms with van der Waals surface area (Å²) < 4.78 is 13.2. The standard InChI is InChI=1S/C27H22BrIN2O5/c1-3-16-6-10-20(11-7-16)31-26(33)21(25(32)30-27(31)34)12-18-13-22(28)24(23(14-18)35-2)36-15-17-4-8-19(29)9-5-17/h4-14H,3,15H2,1-2H3,(H,30,32,34)/b21-12-. The molecule has 1 N–H and O–H groups in total. The minimum Gasteiger partial charge on any atom is -0.493 e. The van der Waals surface area contributed by atoms with Gasteiger partial charge in [-0.3, -0.25) is 14.9 Å². The molecule has 36 heavy (non-hydrogen) atoms. The van der Waals surface area contributed by atoms with Crippen molar-refractivity contribution < 1.29 is 23.9 Å². The highest BCUT2D eigenvalue weighted by Gasteiger charge is 2.36. The molecule has 0 unspecified atom stereocenters. The normalized spacial score (nSPS) is 14.7. The lowest BCUT2D eigenvalue weighted by Gasteiger charge is -2.26. The quantitative estimate of drug-likeness (QED) is 0.195. The Morgan fingerprint density at radius 2 is 1.67 bits per heavy atom. The minimum absolute atomic E-state index is 0.171. The molecule has 0 aliphatic carbocycles. The number of halogens is 2. The molecule has 1 aliphatic rings. The highest BCUT2D eigenvalue weighted by molar-refractivity contribution is 14.1. The van der Waals surface area contributed by atoms with Crippen LogP contribution in [0.2, 0.25) is 0 Å². The number of rotatable bonds is 7. The van der Waals surface area contributed by atoms with E-state index in [0.717, 1.165) is 26.0 Å². The van der Waals surface area contributed by atoms with Crippen molar-refractivity contribution in [2.24, 2.45) is 0 Å². The molecular formula is C27H22BrIN2O5. The van der Waals surface area contributed by atoms with Crippen molar-refractivity contribution in [2.75, 3.05) is 12.0 Å².